The second kappa shape index (κ2) is 11.1. The number of halogens is 2. The number of ether oxygens (including phenoxy) is 1. The second-order valence-electron chi connectivity index (χ2n) is 8.83. The third-order valence-corrected chi connectivity index (χ3v) is 6.31. The van der Waals surface area contributed by atoms with E-state index < -0.39 is 11.7 Å². The van der Waals surface area contributed by atoms with Gasteiger partial charge in [0.15, 0.2) is 0 Å². The van der Waals surface area contributed by atoms with Crippen molar-refractivity contribution >= 4 is 29.4 Å². The van der Waals surface area contributed by atoms with Crippen LogP contribution < -0.4 is 15.4 Å². The summed E-state index contributed by atoms with van der Waals surface area (Å²) >= 11 is 6.28. The van der Waals surface area contributed by atoms with Crippen LogP contribution in [-0.4, -0.2) is 58.1 Å². The van der Waals surface area contributed by atoms with Crippen LogP contribution in [0.3, 0.4) is 0 Å². The summed E-state index contributed by atoms with van der Waals surface area (Å²) in [5.41, 5.74) is 1.75. The van der Waals surface area contributed by atoms with Gasteiger partial charge in [0, 0.05) is 22.7 Å². The summed E-state index contributed by atoms with van der Waals surface area (Å²) in [5, 5.41) is 15.2. The summed E-state index contributed by atoms with van der Waals surface area (Å²) < 4.78 is 20.3. The molecule has 0 aliphatic carbocycles. The minimum Gasteiger partial charge on any atom is -0.497 e. The Kier molecular flexibility index (Phi) is 7.89. The molecule has 11 heteroatoms. The number of anilines is 1. The van der Waals surface area contributed by atoms with E-state index >= 15 is 4.39 Å². The Labute approximate surface area is 218 Å². The average Bonchev–Trinajstić information content (AvgIpc) is 3.20. The maximum absolute atomic E-state index is 15.1. The predicted molar refractivity (Wildman–Crippen MR) is 137 cm³/mol. The first kappa shape index (κ1) is 26.3. The lowest BCUT2D eigenvalue weighted by Gasteiger charge is -2.19. The van der Waals surface area contributed by atoms with E-state index in [0.29, 0.717) is 11.3 Å². The fourth-order valence-corrected chi connectivity index (χ4v) is 4.25. The van der Waals surface area contributed by atoms with Gasteiger partial charge in [-0.3, -0.25) is 9.59 Å². The Balaban J connectivity index is 1.50. The minimum absolute atomic E-state index is 0.0282. The molecule has 0 unspecified atom stereocenters. The molecule has 1 aliphatic rings. The number of nitrogens with zero attached hydrogens (tertiary/aromatic N) is 3. The molecule has 0 saturated carbocycles. The van der Waals surface area contributed by atoms with Crippen molar-refractivity contribution in [1.29, 1.82) is 0 Å². The van der Waals surface area contributed by atoms with Gasteiger partial charge in [-0.1, -0.05) is 23.7 Å². The Morgan fingerprint density at radius 3 is 2.81 bits per heavy atom. The number of carbonyl (C=O) groups is 2. The number of nitrogens with one attached hydrogen (secondary N) is 2. The Morgan fingerprint density at radius 1 is 1.30 bits per heavy atom. The van der Waals surface area contributed by atoms with Crippen molar-refractivity contribution < 1.29 is 23.8 Å². The number of hydrogen-bond donors (Lipinski definition) is 3. The summed E-state index contributed by atoms with van der Waals surface area (Å²) in [6.07, 6.45) is 1.36. The summed E-state index contributed by atoms with van der Waals surface area (Å²) in [5.74, 6) is -0.551. The van der Waals surface area contributed by atoms with Crippen LogP contribution in [0.4, 0.5) is 10.3 Å². The van der Waals surface area contributed by atoms with Gasteiger partial charge in [-0.2, -0.15) is 0 Å². The lowest BCUT2D eigenvalue weighted by molar-refractivity contribution is -0.122. The molecule has 2 amide bonds. The molecule has 0 fully saturated rings. The zero-order chi connectivity index (χ0) is 26.7. The summed E-state index contributed by atoms with van der Waals surface area (Å²) in [4.78, 5) is 35.5. The van der Waals surface area contributed by atoms with Crippen molar-refractivity contribution in [3.63, 3.8) is 0 Å². The minimum atomic E-state index is -0.596. The number of carbonyl (C=O) groups excluding carboxylic acids is 2. The highest BCUT2D eigenvalue weighted by molar-refractivity contribution is 6.33. The van der Waals surface area contributed by atoms with E-state index in [1.54, 1.807) is 14.0 Å². The van der Waals surface area contributed by atoms with E-state index in [1.807, 2.05) is 31.2 Å². The highest BCUT2D eigenvalue weighted by Gasteiger charge is 2.32. The number of benzene rings is 2. The molecule has 0 spiro atoms. The summed E-state index contributed by atoms with van der Waals surface area (Å²) in [6.45, 7) is 3.19. The monoisotopic (exact) mass is 527 g/mol. The van der Waals surface area contributed by atoms with Gasteiger partial charge in [0.05, 0.1) is 43.2 Å². The largest absolute Gasteiger partial charge is 0.497 e. The molecule has 0 bridgehead atoms. The number of amides is 2. The second-order valence-corrected chi connectivity index (χ2v) is 9.24. The third kappa shape index (κ3) is 5.81. The molecule has 37 heavy (non-hydrogen) atoms. The molecule has 1 aromatic heterocycles. The molecular weight excluding hydrogens is 501 g/mol. The maximum Gasteiger partial charge on any atom is 0.255 e. The molecule has 2 heterocycles. The molecular formula is C26H27ClFN5O4. The number of rotatable bonds is 9. The fraction of sp³-hybridized carbons (Fsp3) is 0.308. The smallest absolute Gasteiger partial charge is 0.255 e. The van der Waals surface area contributed by atoms with E-state index in [9.17, 15) is 14.7 Å². The van der Waals surface area contributed by atoms with Gasteiger partial charge in [-0.05, 0) is 43.7 Å². The van der Waals surface area contributed by atoms with Gasteiger partial charge in [0.2, 0.25) is 11.9 Å². The summed E-state index contributed by atoms with van der Waals surface area (Å²) in [6, 6.07) is 9.48. The van der Waals surface area contributed by atoms with Crippen molar-refractivity contribution in [3.8, 4) is 17.0 Å². The number of hydrogen-bond acceptors (Lipinski definition) is 7. The highest BCUT2D eigenvalue weighted by atomic mass is 35.5. The van der Waals surface area contributed by atoms with Crippen LogP contribution >= 0.6 is 11.6 Å². The van der Waals surface area contributed by atoms with Gasteiger partial charge >= 0.3 is 0 Å². The topological polar surface area (TPSA) is 117 Å². The van der Waals surface area contributed by atoms with Crippen molar-refractivity contribution in [2.45, 2.75) is 32.5 Å². The molecule has 3 aromatic rings. The van der Waals surface area contributed by atoms with Crippen molar-refractivity contribution in [3.05, 3.63) is 70.1 Å². The standard InChI is InChI=1S/C26H27ClFN5O4/c1-14(13-34)30-26-29-10-21(27)24(32-26)17-8-19-20(22(28)9-17)11-33(25(19)36)12-23(35)31-15(2)16-5-4-6-18(7-16)37-3/h4-10,14-15,34H,11-13H2,1-3H3,(H,31,35)(H,29,30,32)/t14-,15+/m0/s1. The van der Waals surface area contributed by atoms with E-state index in [2.05, 4.69) is 20.6 Å². The molecule has 2 atom stereocenters. The van der Waals surface area contributed by atoms with E-state index in [1.165, 1.54) is 23.2 Å². The van der Waals surface area contributed by atoms with Crippen molar-refractivity contribution in [1.82, 2.24) is 20.2 Å². The number of aliphatic hydroxyl groups excluding tert-OH is 1. The van der Waals surface area contributed by atoms with Crippen LogP contribution in [0.1, 0.15) is 41.4 Å². The van der Waals surface area contributed by atoms with Crippen LogP contribution in [0.2, 0.25) is 5.02 Å². The van der Waals surface area contributed by atoms with Crippen LogP contribution in [0, 0.1) is 5.82 Å². The van der Waals surface area contributed by atoms with E-state index in [-0.39, 0.29) is 65.5 Å². The van der Waals surface area contributed by atoms with Gasteiger partial charge in [0.1, 0.15) is 18.1 Å². The molecule has 2 aromatic carbocycles. The van der Waals surface area contributed by atoms with Crippen molar-refractivity contribution in [2.24, 2.45) is 0 Å². The predicted octanol–water partition coefficient (Wildman–Crippen LogP) is 3.57. The Morgan fingerprint density at radius 2 is 2.08 bits per heavy atom. The van der Waals surface area contributed by atoms with Gasteiger partial charge in [0.25, 0.3) is 5.91 Å². The van der Waals surface area contributed by atoms with E-state index in [4.69, 9.17) is 16.3 Å². The first-order valence-electron chi connectivity index (χ1n) is 11.7. The van der Waals surface area contributed by atoms with Crippen molar-refractivity contribution in [2.75, 3.05) is 25.6 Å². The van der Waals surface area contributed by atoms with E-state index in [0.717, 1.165) is 5.56 Å². The van der Waals surface area contributed by atoms with Gasteiger partial charge in [-0.15, -0.1) is 0 Å². The number of fused-ring (bicyclic) bond motifs is 1. The SMILES string of the molecule is COc1cccc([C@@H](C)NC(=O)CN2Cc3c(F)cc(-c4nc(N[C@@H](C)CO)ncc4Cl)cc3C2=O)c1. The Hall–Kier alpha value is -3.76. The average molecular weight is 528 g/mol. The fourth-order valence-electron chi connectivity index (χ4n) is 4.05. The van der Waals surface area contributed by atoms with Crippen LogP contribution in [0.25, 0.3) is 11.3 Å². The number of aliphatic hydroxyl groups is 1. The zero-order valence-electron chi connectivity index (χ0n) is 20.6. The van der Waals surface area contributed by atoms with Gasteiger partial charge < -0.3 is 25.4 Å². The number of aromatic nitrogens is 2. The molecule has 194 valence electrons. The lowest BCUT2D eigenvalue weighted by Crippen LogP contribution is -2.38. The first-order chi connectivity index (χ1) is 17.7. The molecule has 4 rings (SSSR count). The molecule has 1 aliphatic heterocycles. The first-order valence-corrected chi connectivity index (χ1v) is 12.0. The van der Waals surface area contributed by atoms with Crippen LogP contribution in [0.5, 0.6) is 5.75 Å². The Bertz CT molecular complexity index is 1340. The number of methoxy groups -OCH3 is 1. The molecule has 0 saturated heterocycles. The van der Waals surface area contributed by atoms with Crippen LogP contribution in [-0.2, 0) is 11.3 Å². The van der Waals surface area contributed by atoms with Gasteiger partial charge in [-0.25, -0.2) is 14.4 Å². The summed E-state index contributed by atoms with van der Waals surface area (Å²) in [7, 11) is 1.57. The molecule has 0 radical (unpaired) electrons. The molecule has 3 N–H and O–H groups in total. The maximum atomic E-state index is 15.1. The highest BCUT2D eigenvalue weighted by Crippen LogP contribution is 2.33. The lowest BCUT2D eigenvalue weighted by atomic mass is 10.0. The quantitative estimate of drug-likeness (QED) is 0.389. The third-order valence-electron chi connectivity index (χ3n) is 6.03. The van der Waals surface area contributed by atoms with Crippen LogP contribution in [0.15, 0.2) is 42.6 Å². The zero-order valence-corrected chi connectivity index (χ0v) is 21.3. The normalized spacial score (nSPS) is 14.2. The molecule has 9 nitrogen and oxygen atoms in total.